The van der Waals surface area contributed by atoms with Gasteiger partial charge in [0.05, 0.1) is 36.4 Å². The third-order valence-electron chi connectivity index (χ3n) is 6.26. The van der Waals surface area contributed by atoms with Crippen molar-refractivity contribution in [1.82, 2.24) is 20.0 Å². The van der Waals surface area contributed by atoms with E-state index in [0.717, 1.165) is 11.1 Å². The van der Waals surface area contributed by atoms with Gasteiger partial charge < -0.3 is 10.1 Å². The number of benzene rings is 3. The van der Waals surface area contributed by atoms with Crippen LogP contribution in [-0.2, 0) is 19.6 Å². The van der Waals surface area contributed by atoms with Gasteiger partial charge in [-0.05, 0) is 53.9 Å². The third-order valence-corrected chi connectivity index (χ3v) is 6.26. The number of aromatic nitrogens is 2. The summed E-state index contributed by atoms with van der Waals surface area (Å²) in [5.41, 5.74) is 3.82. The molecule has 2 heterocycles. The van der Waals surface area contributed by atoms with E-state index < -0.39 is 0 Å². The van der Waals surface area contributed by atoms with E-state index >= 15 is 0 Å². The van der Waals surface area contributed by atoms with Crippen LogP contribution in [0.4, 0.5) is 0 Å². The van der Waals surface area contributed by atoms with Crippen LogP contribution < -0.4 is 10.1 Å². The van der Waals surface area contributed by atoms with Crippen molar-refractivity contribution in [3.63, 3.8) is 0 Å². The van der Waals surface area contributed by atoms with Crippen molar-refractivity contribution in [1.29, 1.82) is 0 Å². The molecule has 0 saturated carbocycles. The maximum absolute atomic E-state index is 13.3. The molecule has 3 aromatic carbocycles. The summed E-state index contributed by atoms with van der Waals surface area (Å²) < 4.78 is 7.53. The van der Waals surface area contributed by atoms with Crippen LogP contribution in [0, 0.1) is 0 Å². The number of rotatable bonds is 9. The number of ether oxygens (including phenoxy) is 1. The van der Waals surface area contributed by atoms with Crippen LogP contribution in [0.2, 0.25) is 0 Å². The predicted molar refractivity (Wildman–Crippen MR) is 137 cm³/mol. The van der Waals surface area contributed by atoms with Gasteiger partial charge in [0.25, 0.3) is 17.7 Å². The number of carbonyl (C=O) groups excluding carboxylic acids is 3. The second-order valence-electron chi connectivity index (χ2n) is 8.66. The molecule has 3 amide bonds. The Labute approximate surface area is 214 Å². The van der Waals surface area contributed by atoms with Gasteiger partial charge in [-0.15, -0.1) is 0 Å². The molecule has 1 aliphatic heterocycles. The predicted octanol–water partition coefficient (Wildman–Crippen LogP) is 4.06. The summed E-state index contributed by atoms with van der Waals surface area (Å²) in [5.74, 6) is -0.541. The first kappa shape index (κ1) is 24.0. The highest BCUT2D eigenvalue weighted by molar-refractivity contribution is 6.21. The second kappa shape index (κ2) is 10.5. The Hall–Kier alpha value is -4.72. The molecule has 0 spiro atoms. The molecule has 8 heteroatoms. The normalized spacial score (nSPS) is 12.5. The van der Waals surface area contributed by atoms with Gasteiger partial charge in [-0.3, -0.25) is 24.0 Å². The first-order valence-electron chi connectivity index (χ1n) is 12.1. The van der Waals surface area contributed by atoms with Gasteiger partial charge in [-0.2, -0.15) is 5.10 Å². The monoisotopic (exact) mass is 494 g/mol. The number of amides is 3. The van der Waals surface area contributed by atoms with E-state index in [2.05, 4.69) is 10.4 Å². The Kier molecular flexibility index (Phi) is 6.81. The average Bonchev–Trinajstić information content (AvgIpc) is 3.52. The lowest BCUT2D eigenvalue weighted by Gasteiger charge is -2.17. The fourth-order valence-corrected chi connectivity index (χ4v) is 4.42. The molecule has 5 rings (SSSR count). The van der Waals surface area contributed by atoms with Crippen molar-refractivity contribution in [3.05, 3.63) is 119 Å². The van der Waals surface area contributed by atoms with Crippen LogP contribution in [-0.4, -0.2) is 39.0 Å². The zero-order valence-corrected chi connectivity index (χ0v) is 20.4. The number of nitrogens with zero attached hydrogens (tertiary/aromatic N) is 3. The highest BCUT2D eigenvalue weighted by Crippen LogP contribution is 2.27. The first-order chi connectivity index (χ1) is 18.0. The summed E-state index contributed by atoms with van der Waals surface area (Å²) in [6.45, 7) is 3.22. The molecule has 0 saturated heterocycles. The van der Waals surface area contributed by atoms with Crippen LogP contribution >= 0.6 is 0 Å². The third kappa shape index (κ3) is 4.99. The van der Waals surface area contributed by atoms with Gasteiger partial charge in [0.2, 0.25) is 0 Å². The number of fused-ring (bicyclic) bond motifs is 1. The highest BCUT2D eigenvalue weighted by Gasteiger charge is 2.35. The smallest absolute Gasteiger partial charge is 0.261 e. The standard InChI is InChI=1S/C29H26N4O4/c1-2-37-26-13-12-20(18-33-28(35)23-10-5-6-11-24(23)29(33)36)16-25(26)27(34)30-17-21-8-3-4-9-22(21)19-32-15-7-14-31-32/h3-16H,2,17-19H2,1H3,(H,30,34). The Bertz CT molecular complexity index is 1430. The van der Waals surface area contributed by atoms with E-state index in [1.165, 1.54) is 4.90 Å². The number of hydrogen-bond donors (Lipinski definition) is 1. The number of nitrogens with one attached hydrogen (secondary N) is 1. The van der Waals surface area contributed by atoms with Crippen molar-refractivity contribution in [2.45, 2.75) is 26.6 Å². The summed E-state index contributed by atoms with van der Waals surface area (Å²) in [5, 5.41) is 7.25. The van der Waals surface area contributed by atoms with Crippen LogP contribution in [0.25, 0.3) is 0 Å². The van der Waals surface area contributed by atoms with Crippen molar-refractivity contribution in [3.8, 4) is 5.75 Å². The Morgan fingerprint density at radius 2 is 1.59 bits per heavy atom. The van der Waals surface area contributed by atoms with Crippen LogP contribution in [0.5, 0.6) is 5.75 Å². The van der Waals surface area contributed by atoms with Crippen molar-refractivity contribution in [2.75, 3.05) is 6.61 Å². The minimum absolute atomic E-state index is 0.0612. The van der Waals surface area contributed by atoms with Crippen molar-refractivity contribution in [2.24, 2.45) is 0 Å². The Morgan fingerprint density at radius 3 is 2.27 bits per heavy atom. The summed E-state index contributed by atoms with van der Waals surface area (Å²) in [7, 11) is 0. The van der Waals surface area contributed by atoms with E-state index in [9.17, 15) is 14.4 Å². The highest BCUT2D eigenvalue weighted by atomic mass is 16.5. The molecule has 0 unspecified atom stereocenters. The minimum Gasteiger partial charge on any atom is -0.493 e. The van der Waals surface area contributed by atoms with Crippen molar-refractivity contribution >= 4 is 17.7 Å². The lowest BCUT2D eigenvalue weighted by atomic mass is 10.1. The number of imide groups is 1. The van der Waals surface area contributed by atoms with Gasteiger partial charge in [0, 0.05) is 18.9 Å². The molecule has 0 fully saturated rings. The molecule has 186 valence electrons. The van der Waals surface area contributed by atoms with Crippen LogP contribution in [0.3, 0.4) is 0 Å². The fourth-order valence-electron chi connectivity index (χ4n) is 4.42. The largest absolute Gasteiger partial charge is 0.493 e. The van der Waals surface area contributed by atoms with E-state index in [-0.39, 0.29) is 24.3 Å². The van der Waals surface area contributed by atoms with Gasteiger partial charge in [-0.1, -0.05) is 42.5 Å². The van der Waals surface area contributed by atoms with Gasteiger partial charge >= 0.3 is 0 Å². The maximum Gasteiger partial charge on any atom is 0.261 e. The number of carbonyl (C=O) groups is 3. The van der Waals surface area contributed by atoms with Gasteiger partial charge in [0.15, 0.2) is 0 Å². The molecule has 0 atom stereocenters. The SMILES string of the molecule is CCOc1ccc(CN2C(=O)c3ccccc3C2=O)cc1C(=O)NCc1ccccc1Cn1cccn1. The molecule has 37 heavy (non-hydrogen) atoms. The zero-order chi connectivity index (χ0) is 25.8. The molecule has 0 radical (unpaired) electrons. The zero-order valence-electron chi connectivity index (χ0n) is 20.4. The van der Waals surface area contributed by atoms with Crippen LogP contribution in [0.15, 0.2) is 85.2 Å². The van der Waals surface area contributed by atoms with Gasteiger partial charge in [0.1, 0.15) is 5.75 Å². The summed E-state index contributed by atoms with van der Waals surface area (Å²) in [6, 6.07) is 21.7. The summed E-state index contributed by atoms with van der Waals surface area (Å²) in [6.07, 6.45) is 3.62. The molecule has 0 bridgehead atoms. The van der Waals surface area contributed by atoms with E-state index in [1.807, 2.05) is 48.1 Å². The molecule has 4 aromatic rings. The minimum atomic E-state index is -0.339. The Balaban J connectivity index is 1.34. The number of hydrogen-bond acceptors (Lipinski definition) is 5. The van der Waals surface area contributed by atoms with E-state index in [0.29, 0.717) is 47.7 Å². The Morgan fingerprint density at radius 1 is 0.892 bits per heavy atom. The average molecular weight is 495 g/mol. The first-order valence-corrected chi connectivity index (χ1v) is 12.1. The lowest BCUT2D eigenvalue weighted by molar-refractivity contribution is 0.0642. The maximum atomic E-state index is 13.3. The summed E-state index contributed by atoms with van der Waals surface area (Å²) in [4.78, 5) is 40.1. The topological polar surface area (TPSA) is 93.5 Å². The second-order valence-corrected chi connectivity index (χ2v) is 8.66. The molecular weight excluding hydrogens is 468 g/mol. The molecule has 1 aromatic heterocycles. The van der Waals surface area contributed by atoms with E-state index in [4.69, 9.17) is 4.74 Å². The molecular formula is C29H26N4O4. The van der Waals surface area contributed by atoms with E-state index in [1.54, 1.807) is 48.7 Å². The van der Waals surface area contributed by atoms with Crippen LogP contribution in [0.1, 0.15) is 54.7 Å². The van der Waals surface area contributed by atoms with Gasteiger partial charge in [-0.25, -0.2) is 0 Å². The molecule has 8 nitrogen and oxygen atoms in total. The lowest BCUT2D eigenvalue weighted by Crippen LogP contribution is -2.29. The molecule has 0 aliphatic carbocycles. The van der Waals surface area contributed by atoms with Crippen molar-refractivity contribution < 1.29 is 19.1 Å². The molecule has 1 aliphatic rings. The summed E-state index contributed by atoms with van der Waals surface area (Å²) >= 11 is 0. The quantitative estimate of drug-likeness (QED) is 0.354. The fraction of sp³-hybridized carbons (Fsp3) is 0.172. The molecule has 1 N–H and O–H groups in total.